The van der Waals surface area contributed by atoms with Crippen molar-refractivity contribution in [3.63, 3.8) is 0 Å². The van der Waals surface area contributed by atoms with Crippen molar-refractivity contribution >= 4 is 25.7 Å². The molecule has 4 atom stereocenters. The van der Waals surface area contributed by atoms with Crippen molar-refractivity contribution in [1.82, 2.24) is 20.9 Å². The van der Waals surface area contributed by atoms with Crippen LogP contribution >= 0.6 is 7.82 Å². The lowest BCUT2D eigenvalue weighted by Crippen LogP contribution is -2.59. The fourth-order valence-electron chi connectivity index (χ4n) is 6.64. The van der Waals surface area contributed by atoms with Gasteiger partial charge in [0.2, 0.25) is 5.91 Å². The zero-order chi connectivity index (χ0) is 38.4. The lowest BCUT2D eigenvalue weighted by Gasteiger charge is -2.37. The first-order chi connectivity index (χ1) is 25.3. The van der Waals surface area contributed by atoms with Crippen LogP contribution < -0.4 is 20.7 Å². The molecule has 5 N–H and O–H groups in total. The van der Waals surface area contributed by atoms with Crippen molar-refractivity contribution in [3.8, 4) is 5.75 Å². The number of urea groups is 1. The highest BCUT2D eigenvalue weighted by atomic mass is 31.2. The third-order valence-corrected chi connectivity index (χ3v) is 9.58. The second-order valence-corrected chi connectivity index (χ2v) is 14.9. The van der Waals surface area contributed by atoms with Crippen molar-refractivity contribution in [2.75, 3.05) is 32.9 Å². The third-order valence-electron chi connectivity index (χ3n) is 9.06. The molecule has 0 spiro atoms. The summed E-state index contributed by atoms with van der Waals surface area (Å²) in [4.78, 5) is 60.8. The van der Waals surface area contributed by atoms with Crippen LogP contribution in [0.5, 0.6) is 5.75 Å². The van der Waals surface area contributed by atoms with E-state index in [-0.39, 0.29) is 37.5 Å². The van der Waals surface area contributed by atoms with Gasteiger partial charge in [-0.05, 0) is 67.7 Å². The van der Waals surface area contributed by atoms with E-state index in [2.05, 4.69) is 16.0 Å². The van der Waals surface area contributed by atoms with Gasteiger partial charge in [0.1, 0.15) is 11.8 Å². The van der Waals surface area contributed by atoms with Crippen molar-refractivity contribution in [1.29, 1.82) is 0 Å². The molecule has 1 aliphatic heterocycles. The number of carbonyl (C=O) groups excluding carboxylic acids is 3. The molecule has 13 nitrogen and oxygen atoms in total. The predicted molar refractivity (Wildman–Crippen MR) is 201 cm³/mol. The Morgan fingerprint density at radius 2 is 1.51 bits per heavy atom. The Bertz CT molecular complexity index is 1650. The summed E-state index contributed by atoms with van der Waals surface area (Å²) < 4.78 is 28.4. The number of para-hydroxylation sites is 1. The Kier molecular flexibility index (Phi) is 15.9. The smallest absolute Gasteiger partial charge is 0.469 e. The second-order valence-electron chi connectivity index (χ2n) is 13.7. The lowest BCUT2D eigenvalue weighted by atomic mass is 9.92. The standard InChI is InChI=1S/C39H53N4O9P/c1-27(2)36(43-20-12-19-40-39(43)46)38(45)41-32(23-30-15-7-5-8-16-30)25-34(50-21-22-52-53(47,48)49)33(24-31-17-9-6-10-18-31)42-35(44)26-51-37-28(3)13-11-14-29(37)4/h5-11,13-18,27,32-34,36H,12,19-26H2,1-4H3,(H,40,46)(H,41,45)(H,42,44)(H2,47,48,49)/t32-,33-,34?,36-/m0/s1. The van der Waals surface area contributed by atoms with E-state index in [1.165, 1.54) is 0 Å². The summed E-state index contributed by atoms with van der Waals surface area (Å²) in [5.74, 6) is -0.270. The molecule has 0 radical (unpaired) electrons. The van der Waals surface area contributed by atoms with Crippen LogP contribution in [-0.2, 0) is 36.3 Å². The molecule has 1 heterocycles. The summed E-state index contributed by atoms with van der Waals surface area (Å²) in [5.41, 5.74) is 3.65. The van der Waals surface area contributed by atoms with Gasteiger partial charge in [-0.15, -0.1) is 0 Å². The maximum atomic E-state index is 14.1. The van der Waals surface area contributed by atoms with E-state index >= 15 is 0 Å². The molecule has 0 aromatic heterocycles. The van der Waals surface area contributed by atoms with Gasteiger partial charge in [0.15, 0.2) is 6.61 Å². The number of rotatable bonds is 20. The molecule has 3 aromatic rings. The molecule has 0 aliphatic carbocycles. The average molecular weight is 753 g/mol. The van der Waals surface area contributed by atoms with Crippen LogP contribution in [0.1, 0.15) is 48.9 Å². The highest BCUT2D eigenvalue weighted by molar-refractivity contribution is 7.46. The molecular formula is C39H53N4O9P. The molecule has 288 valence electrons. The Morgan fingerprint density at radius 1 is 0.887 bits per heavy atom. The molecule has 14 heteroatoms. The summed E-state index contributed by atoms with van der Waals surface area (Å²) in [7, 11) is -4.77. The molecule has 1 saturated heterocycles. The maximum Gasteiger partial charge on any atom is 0.469 e. The molecular weight excluding hydrogens is 699 g/mol. The van der Waals surface area contributed by atoms with E-state index in [9.17, 15) is 28.7 Å². The number of nitrogens with one attached hydrogen (secondary N) is 3. The Morgan fingerprint density at radius 3 is 2.09 bits per heavy atom. The fraction of sp³-hybridized carbons (Fsp3) is 0.462. The van der Waals surface area contributed by atoms with Crippen molar-refractivity contribution in [2.45, 2.75) is 77.6 Å². The molecule has 1 unspecified atom stereocenters. The Hall–Kier alpha value is -4.26. The number of aryl methyl sites for hydroxylation is 2. The van der Waals surface area contributed by atoms with Crippen molar-refractivity contribution in [3.05, 3.63) is 101 Å². The van der Waals surface area contributed by atoms with Crippen LogP contribution in [0, 0.1) is 19.8 Å². The van der Waals surface area contributed by atoms with E-state index in [4.69, 9.17) is 14.0 Å². The van der Waals surface area contributed by atoms with Gasteiger partial charge < -0.3 is 40.1 Å². The summed E-state index contributed by atoms with van der Waals surface area (Å²) in [6.45, 7) is 7.74. The first-order valence-electron chi connectivity index (χ1n) is 18.0. The lowest BCUT2D eigenvalue weighted by molar-refractivity contribution is -0.129. The monoisotopic (exact) mass is 752 g/mol. The number of phosphoric ester groups is 1. The van der Waals surface area contributed by atoms with Gasteiger partial charge in [0.25, 0.3) is 5.91 Å². The molecule has 0 bridgehead atoms. The number of benzene rings is 3. The average Bonchev–Trinajstić information content (AvgIpc) is 3.10. The van der Waals surface area contributed by atoms with Gasteiger partial charge in [-0.1, -0.05) is 92.7 Å². The number of nitrogens with zero attached hydrogens (tertiary/aromatic N) is 1. The number of phosphoric acid groups is 1. The van der Waals surface area contributed by atoms with Crippen molar-refractivity contribution < 1.29 is 42.7 Å². The predicted octanol–water partition coefficient (Wildman–Crippen LogP) is 4.46. The fourth-order valence-corrected chi connectivity index (χ4v) is 6.95. The number of amides is 4. The van der Waals surface area contributed by atoms with Crippen LogP contribution in [-0.4, -0.2) is 89.7 Å². The highest BCUT2D eigenvalue weighted by Crippen LogP contribution is 2.35. The summed E-state index contributed by atoms with van der Waals surface area (Å²) in [6.07, 6.45) is 0.891. The van der Waals surface area contributed by atoms with Gasteiger partial charge in [0.05, 0.1) is 25.4 Å². The topological polar surface area (TPSA) is 176 Å². The van der Waals surface area contributed by atoms with Crippen LogP contribution in [0.3, 0.4) is 0 Å². The number of hydrogen-bond acceptors (Lipinski definition) is 7. The van der Waals surface area contributed by atoms with E-state index in [1.54, 1.807) is 4.90 Å². The summed E-state index contributed by atoms with van der Waals surface area (Å²) in [5, 5.41) is 9.14. The normalized spacial score (nSPS) is 15.6. The quantitative estimate of drug-likeness (QED) is 0.0825. The molecule has 1 aliphatic rings. The SMILES string of the molecule is Cc1cccc(C)c1OCC(=O)N[C@@H](Cc1ccccc1)C(C[C@H](Cc1ccccc1)NC(=O)[C@H](C(C)C)N1CCCNC1=O)OCCOP(=O)(O)O. The molecule has 1 fully saturated rings. The van der Waals surface area contributed by atoms with Gasteiger partial charge in [0, 0.05) is 19.1 Å². The van der Waals surface area contributed by atoms with Gasteiger partial charge in [-0.3, -0.25) is 14.1 Å². The minimum absolute atomic E-state index is 0.185. The first kappa shape index (κ1) is 41.5. The maximum absolute atomic E-state index is 14.1. The number of ether oxygens (including phenoxy) is 2. The second kappa shape index (κ2) is 20.3. The van der Waals surface area contributed by atoms with Crippen molar-refractivity contribution in [2.24, 2.45) is 5.92 Å². The Balaban J connectivity index is 1.65. The van der Waals surface area contributed by atoms with Gasteiger partial charge in [-0.25, -0.2) is 9.36 Å². The van der Waals surface area contributed by atoms with Gasteiger partial charge in [-0.2, -0.15) is 0 Å². The van der Waals surface area contributed by atoms with E-state index in [0.29, 0.717) is 31.7 Å². The summed E-state index contributed by atoms with van der Waals surface area (Å²) in [6, 6.07) is 22.7. The van der Waals surface area contributed by atoms with Crippen LogP contribution in [0.2, 0.25) is 0 Å². The summed E-state index contributed by atoms with van der Waals surface area (Å²) >= 11 is 0. The van der Waals surface area contributed by atoms with Crippen LogP contribution in [0.15, 0.2) is 78.9 Å². The van der Waals surface area contributed by atoms with Crippen LogP contribution in [0.4, 0.5) is 4.79 Å². The van der Waals surface area contributed by atoms with E-state index in [0.717, 1.165) is 28.7 Å². The first-order valence-corrected chi connectivity index (χ1v) is 19.6. The molecule has 53 heavy (non-hydrogen) atoms. The minimum atomic E-state index is -4.77. The molecule has 4 rings (SSSR count). The highest BCUT2D eigenvalue weighted by Gasteiger charge is 2.36. The molecule has 3 aromatic carbocycles. The third kappa shape index (κ3) is 13.6. The Labute approximate surface area is 312 Å². The van der Waals surface area contributed by atoms with E-state index < -0.39 is 44.6 Å². The van der Waals surface area contributed by atoms with Crippen LogP contribution in [0.25, 0.3) is 0 Å². The zero-order valence-corrected chi connectivity index (χ0v) is 31.8. The van der Waals surface area contributed by atoms with Gasteiger partial charge >= 0.3 is 13.9 Å². The zero-order valence-electron chi connectivity index (χ0n) is 30.9. The number of hydrogen-bond donors (Lipinski definition) is 5. The molecule has 0 saturated carbocycles. The number of carbonyl (C=O) groups is 3. The largest absolute Gasteiger partial charge is 0.483 e. The molecule has 4 amide bonds. The minimum Gasteiger partial charge on any atom is -0.483 e. The van der Waals surface area contributed by atoms with E-state index in [1.807, 2.05) is 107 Å².